The summed E-state index contributed by atoms with van der Waals surface area (Å²) in [4.78, 5) is 39.5. The van der Waals surface area contributed by atoms with Crippen molar-refractivity contribution in [2.75, 3.05) is 29.6 Å². The molecule has 1 amide bonds. The van der Waals surface area contributed by atoms with Gasteiger partial charge in [0.2, 0.25) is 5.95 Å². The van der Waals surface area contributed by atoms with Crippen LogP contribution in [0.1, 0.15) is 51.9 Å². The molecule has 41 heavy (non-hydrogen) atoms. The fraction of sp³-hybridized carbons (Fsp3) is 0.429. The van der Waals surface area contributed by atoms with Crippen LogP contribution in [-0.2, 0) is 14.1 Å². The molecule has 3 unspecified atom stereocenters. The van der Waals surface area contributed by atoms with E-state index in [2.05, 4.69) is 30.1 Å². The Hall–Kier alpha value is -3.64. The van der Waals surface area contributed by atoms with Crippen molar-refractivity contribution in [2.45, 2.75) is 32.7 Å². The van der Waals surface area contributed by atoms with Gasteiger partial charge in [0.15, 0.2) is 5.69 Å². The molecule has 6 rings (SSSR count). The van der Waals surface area contributed by atoms with Crippen LogP contribution in [0.2, 0.25) is 5.15 Å². The summed E-state index contributed by atoms with van der Waals surface area (Å²) < 4.78 is 4.36. The highest BCUT2D eigenvalue weighted by Crippen LogP contribution is 2.58. The Morgan fingerprint density at radius 1 is 1.12 bits per heavy atom. The molecule has 1 saturated carbocycles. The predicted octanol–water partition coefficient (Wildman–Crippen LogP) is 3.76. The smallest absolute Gasteiger partial charge is 0.281 e. The van der Waals surface area contributed by atoms with Gasteiger partial charge in [-0.3, -0.25) is 18.9 Å². The summed E-state index contributed by atoms with van der Waals surface area (Å²) in [5.41, 5.74) is 5.18. The molecule has 0 spiro atoms. The Bertz CT molecular complexity index is 1740. The molecule has 2 N–H and O–H groups in total. The number of carbonyl (C=O) groups is 1. The number of nitrogens with one attached hydrogen (secondary N) is 2. The minimum absolute atomic E-state index is 0.0859. The number of nitrogens with zero attached hydrogens (tertiary/aromatic N) is 7. The minimum Gasteiger partial charge on any atom is -0.377 e. The van der Waals surface area contributed by atoms with Crippen LogP contribution >= 0.6 is 23.5 Å². The Kier molecular flexibility index (Phi) is 6.93. The van der Waals surface area contributed by atoms with Gasteiger partial charge in [-0.2, -0.15) is 15.0 Å². The van der Waals surface area contributed by atoms with Gasteiger partial charge >= 0.3 is 0 Å². The zero-order chi connectivity index (χ0) is 29.2. The molecular formula is C28H32ClN9O2S. The Labute approximate surface area is 246 Å². The third kappa shape index (κ3) is 4.82. The molecule has 0 radical (unpaired) electrons. The standard InChI is InChI=1S/C28H32ClN9O2S/c1-13-9-16(14(2)30-20-7-8-21(29)31-25(20)26(39)35-41-6)24-17(10-13)27(40)36(4)28(32-24)38-11-18-19(12-38)22(18)23-15(3)33-37(5)34-23/h7-10,14,18-19,22,30H,11-12H2,1-6H3,(H,35,39). The number of pyridine rings is 1. The van der Waals surface area contributed by atoms with Gasteiger partial charge in [0, 0.05) is 44.9 Å². The molecule has 2 fully saturated rings. The van der Waals surface area contributed by atoms with E-state index in [0.717, 1.165) is 35.6 Å². The number of hydrogen-bond acceptors (Lipinski definition) is 9. The Balaban J connectivity index is 1.33. The van der Waals surface area contributed by atoms with Crippen molar-refractivity contribution in [2.24, 2.45) is 25.9 Å². The quantitative estimate of drug-likeness (QED) is 0.243. The van der Waals surface area contributed by atoms with Crippen LogP contribution in [0.5, 0.6) is 0 Å². The van der Waals surface area contributed by atoms with E-state index in [4.69, 9.17) is 16.6 Å². The summed E-state index contributed by atoms with van der Waals surface area (Å²) in [6, 6.07) is 7.02. The first-order valence-electron chi connectivity index (χ1n) is 13.5. The van der Waals surface area contributed by atoms with E-state index in [-0.39, 0.29) is 28.4 Å². The van der Waals surface area contributed by atoms with Crippen LogP contribution < -0.4 is 20.5 Å². The molecule has 1 aliphatic heterocycles. The molecule has 13 heteroatoms. The average molecular weight is 594 g/mol. The molecule has 2 aliphatic rings. The highest BCUT2D eigenvalue weighted by atomic mass is 35.5. The summed E-state index contributed by atoms with van der Waals surface area (Å²) in [5, 5.41) is 13.2. The highest BCUT2D eigenvalue weighted by molar-refractivity contribution is 7.97. The number of fused-ring (bicyclic) bond motifs is 2. The molecule has 0 bridgehead atoms. The van der Waals surface area contributed by atoms with E-state index in [1.165, 1.54) is 11.9 Å². The maximum Gasteiger partial charge on any atom is 0.281 e. The van der Waals surface area contributed by atoms with Gasteiger partial charge in [0.05, 0.1) is 34.0 Å². The number of rotatable bonds is 7. The number of aromatic nitrogens is 6. The number of amides is 1. The van der Waals surface area contributed by atoms with Gasteiger partial charge in [0.1, 0.15) is 5.15 Å². The first-order valence-corrected chi connectivity index (χ1v) is 15.1. The topological polar surface area (TPSA) is 123 Å². The first kappa shape index (κ1) is 27.5. The van der Waals surface area contributed by atoms with Gasteiger partial charge < -0.3 is 10.2 Å². The van der Waals surface area contributed by atoms with Crippen LogP contribution in [-0.4, -0.2) is 54.8 Å². The lowest BCUT2D eigenvalue weighted by molar-refractivity contribution is 0.0980. The predicted molar refractivity (Wildman–Crippen MR) is 162 cm³/mol. The van der Waals surface area contributed by atoms with Crippen molar-refractivity contribution in [1.82, 2.24) is 34.3 Å². The van der Waals surface area contributed by atoms with Crippen molar-refractivity contribution < 1.29 is 4.79 Å². The van der Waals surface area contributed by atoms with Crippen molar-refractivity contribution in [3.63, 3.8) is 0 Å². The minimum atomic E-state index is -0.347. The highest BCUT2D eigenvalue weighted by Gasteiger charge is 2.58. The van der Waals surface area contributed by atoms with Crippen molar-refractivity contribution in [3.8, 4) is 0 Å². The normalized spacial score (nSPS) is 20.3. The van der Waals surface area contributed by atoms with E-state index in [1.54, 1.807) is 34.8 Å². The van der Waals surface area contributed by atoms with Crippen LogP contribution in [0.4, 0.5) is 11.6 Å². The molecule has 1 aliphatic carbocycles. The number of piperidine rings is 1. The van der Waals surface area contributed by atoms with E-state index < -0.39 is 0 Å². The summed E-state index contributed by atoms with van der Waals surface area (Å²) in [7, 11) is 3.65. The summed E-state index contributed by atoms with van der Waals surface area (Å²) in [6.45, 7) is 7.59. The first-order chi connectivity index (χ1) is 19.6. The van der Waals surface area contributed by atoms with Gasteiger partial charge in [-0.25, -0.2) is 9.97 Å². The fourth-order valence-corrected chi connectivity index (χ4v) is 6.68. The van der Waals surface area contributed by atoms with E-state index in [9.17, 15) is 9.59 Å². The SMILES string of the molecule is CSNC(=O)c1nc(Cl)ccc1NC(C)c1cc(C)cc2c(=O)n(C)c(N3CC4C(C3)C4c3nn(C)nc3C)nc12. The molecule has 1 saturated heterocycles. The lowest BCUT2D eigenvalue weighted by Gasteiger charge is -2.25. The van der Waals surface area contributed by atoms with Crippen molar-refractivity contribution >= 4 is 52.0 Å². The summed E-state index contributed by atoms with van der Waals surface area (Å²) in [5.74, 6) is 1.67. The lowest BCUT2D eigenvalue weighted by Crippen LogP contribution is -2.32. The van der Waals surface area contributed by atoms with Crippen molar-refractivity contribution in [1.29, 1.82) is 0 Å². The average Bonchev–Trinajstić information content (AvgIpc) is 3.22. The number of anilines is 2. The fourth-order valence-electron chi connectivity index (χ4n) is 6.25. The van der Waals surface area contributed by atoms with E-state index >= 15 is 0 Å². The molecule has 1 aromatic carbocycles. The number of aryl methyl sites for hydroxylation is 3. The molecule has 11 nitrogen and oxygen atoms in total. The third-order valence-corrected chi connectivity index (χ3v) is 8.75. The largest absolute Gasteiger partial charge is 0.377 e. The Morgan fingerprint density at radius 2 is 1.85 bits per heavy atom. The second-order valence-electron chi connectivity index (χ2n) is 11.0. The number of halogens is 1. The van der Waals surface area contributed by atoms with Crippen LogP contribution in [0.25, 0.3) is 10.9 Å². The summed E-state index contributed by atoms with van der Waals surface area (Å²) in [6.07, 6.45) is 1.77. The molecule has 3 atom stereocenters. The Morgan fingerprint density at radius 3 is 2.51 bits per heavy atom. The number of carbonyl (C=O) groups excluding carboxylic acids is 1. The molecular weight excluding hydrogens is 562 g/mol. The van der Waals surface area contributed by atoms with Gasteiger partial charge in [-0.1, -0.05) is 29.6 Å². The summed E-state index contributed by atoms with van der Waals surface area (Å²) >= 11 is 7.29. The second-order valence-corrected chi connectivity index (χ2v) is 12.0. The number of benzene rings is 1. The molecule has 214 valence electrons. The third-order valence-electron chi connectivity index (χ3n) is 8.15. The maximum atomic E-state index is 13.6. The van der Waals surface area contributed by atoms with Gasteiger partial charge in [-0.05, 0) is 56.4 Å². The maximum absolute atomic E-state index is 13.6. The van der Waals surface area contributed by atoms with Gasteiger partial charge in [-0.15, -0.1) is 0 Å². The van der Waals surface area contributed by atoms with E-state index in [1.807, 2.05) is 40.0 Å². The van der Waals surface area contributed by atoms with E-state index in [0.29, 0.717) is 40.3 Å². The lowest BCUT2D eigenvalue weighted by atomic mass is 10.0. The second kappa shape index (κ2) is 10.3. The van der Waals surface area contributed by atoms with Gasteiger partial charge in [0.25, 0.3) is 11.5 Å². The molecule has 3 aromatic heterocycles. The van der Waals surface area contributed by atoms with Crippen LogP contribution in [0, 0.1) is 25.7 Å². The molecule has 4 heterocycles. The monoisotopic (exact) mass is 593 g/mol. The van der Waals surface area contributed by atoms with Crippen LogP contribution in [0.3, 0.4) is 0 Å². The van der Waals surface area contributed by atoms with Crippen molar-refractivity contribution in [3.05, 3.63) is 68.0 Å². The van der Waals surface area contributed by atoms with Crippen LogP contribution in [0.15, 0.2) is 29.1 Å². The molecule has 4 aromatic rings. The zero-order valence-electron chi connectivity index (χ0n) is 23.8. The number of hydrogen-bond donors (Lipinski definition) is 2. The zero-order valence-corrected chi connectivity index (χ0v) is 25.3.